The van der Waals surface area contributed by atoms with E-state index in [4.69, 9.17) is 0 Å². The molecule has 2 fully saturated rings. The summed E-state index contributed by atoms with van der Waals surface area (Å²) >= 11 is 0. The summed E-state index contributed by atoms with van der Waals surface area (Å²) in [6.45, 7) is 0. The Labute approximate surface area is 240 Å². The van der Waals surface area contributed by atoms with Gasteiger partial charge in [0.15, 0.2) is 0 Å². The van der Waals surface area contributed by atoms with Gasteiger partial charge in [-0.3, -0.25) is 27.7 Å². The lowest BCUT2D eigenvalue weighted by Crippen LogP contribution is -2.95. The molecular weight excluding hydrogens is 664 g/mol. The number of halogens is 16. The van der Waals surface area contributed by atoms with E-state index in [1.54, 1.807) is 0 Å². The second-order valence-electron chi connectivity index (χ2n) is 10.5. The van der Waals surface area contributed by atoms with Crippen molar-refractivity contribution in [2.24, 2.45) is 22.9 Å². The van der Waals surface area contributed by atoms with Crippen LogP contribution in [0.4, 0.5) is 70.2 Å². The Hall–Kier alpha value is -2.88. The molecule has 2 aromatic carbocycles. The van der Waals surface area contributed by atoms with Crippen LogP contribution in [-0.2, 0) is 16.1 Å². The van der Waals surface area contributed by atoms with Gasteiger partial charge < -0.3 is 0 Å². The fourth-order valence-corrected chi connectivity index (χ4v) is 5.27. The lowest BCUT2D eigenvalue weighted by Gasteiger charge is -2.63. The van der Waals surface area contributed by atoms with Gasteiger partial charge in [-0.15, -0.1) is 0 Å². The van der Waals surface area contributed by atoms with Crippen LogP contribution in [-0.4, -0.2) is 58.6 Å². The van der Waals surface area contributed by atoms with E-state index in [1.165, 1.54) is 0 Å². The predicted molar refractivity (Wildman–Crippen MR) is 119 cm³/mol. The fourth-order valence-electron chi connectivity index (χ4n) is 5.27. The van der Waals surface area contributed by atoms with Crippen molar-refractivity contribution in [1.82, 2.24) is 0 Å². The van der Waals surface area contributed by atoms with Crippen molar-refractivity contribution >= 4 is 0 Å². The lowest BCUT2D eigenvalue weighted by molar-refractivity contribution is -0.530. The van der Waals surface area contributed by atoms with Crippen molar-refractivity contribution in [3.05, 3.63) is 71.8 Å². The van der Waals surface area contributed by atoms with E-state index in [-0.39, 0.29) is 24.3 Å². The number of hydrogen-bond donors (Lipinski definition) is 4. The molecule has 2 saturated carbocycles. The van der Waals surface area contributed by atoms with Crippen molar-refractivity contribution in [3.63, 3.8) is 0 Å². The molecule has 8 N–H and O–H groups in total. The molecule has 0 saturated heterocycles. The van der Waals surface area contributed by atoms with Gasteiger partial charge in [0.25, 0.3) is 34.5 Å². The third kappa shape index (κ3) is 3.25. The van der Waals surface area contributed by atoms with Gasteiger partial charge in [0.2, 0.25) is 0 Å². The monoisotopic (exact) mass is 682 g/mol. The van der Waals surface area contributed by atoms with E-state index in [9.17, 15) is 17.6 Å². The number of nitrogens with two attached hydrogens (primary N) is 4. The first-order chi connectivity index (χ1) is 19.9. The SMILES string of the molecule is NC1(F)C(N)(F)C(F)(OC2(F)C(N)(F)C(N)(F)C(F)(F)C(F)(F)C2(F)c2ccccc2)C(F)(c2ccccc2)C(F)(F)C1(F)F. The lowest BCUT2D eigenvalue weighted by atomic mass is 9.63. The van der Waals surface area contributed by atoms with E-state index in [1.807, 2.05) is 0 Å². The minimum absolute atomic E-state index is 0.151. The Morgan fingerprint density at radius 2 is 0.600 bits per heavy atom. The molecule has 0 radical (unpaired) electrons. The van der Waals surface area contributed by atoms with Gasteiger partial charge in [0.05, 0.1) is 0 Å². The summed E-state index contributed by atoms with van der Waals surface area (Å²) in [5.41, 5.74) is -0.516. The third-order valence-electron chi connectivity index (χ3n) is 8.07. The van der Waals surface area contributed by atoms with Gasteiger partial charge in [0.1, 0.15) is 0 Å². The zero-order chi connectivity index (χ0) is 34.9. The van der Waals surface area contributed by atoms with Crippen LogP contribution in [0, 0.1) is 0 Å². The molecule has 21 heteroatoms. The first-order valence-corrected chi connectivity index (χ1v) is 11.9. The molecule has 8 atom stereocenters. The summed E-state index contributed by atoms with van der Waals surface area (Å²) in [7, 11) is 0. The van der Waals surface area contributed by atoms with Crippen LogP contribution in [0.25, 0.3) is 0 Å². The largest absolute Gasteiger partial charge is 0.365 e. The smallest absolute Gasteiger partial charge is 0.294 e. The van der Waals surface area contributed by atoms with Crippen LogP contribution < -0.4 is 22.9 Å². The molecule has 4 rings (SSSR count). The van der Waals surface area contributed by atoms with Crippen molar-refractivity contribution in [2.75, 3.05) is 0 Å². The Morgan fingerprint density at radius 1 is 0.356 bits per heavy atom. The van der Waals surface area contributed by atoms with Gasteiger partial charge in [-0.2, -0.15) is 35.1 Å². The topological polar surface area (TPSA) is 113 Å². The highest BCUT2D eigenvalue weighted by Gasteiger charge is 3.03. The third-order valence-corrected chi connectivity index (χ3v) is 8.07. The average molecular weight is 682 g/mol. The van der Waals surface area contributed by atoms with Crippen molar-refractivity contribution < 1.29 is 75.0 Å². The number of ether oxygens (including phenoxy) is 1. The highest BCUT2D eigenvalue weighted by atomic mass is 19.3. The second kappa shape index (κ2) is 8.92. The molecule has 45 heavy (non-hydrogen) atoms. The van der Waals surface area contributed by atoms with E-state index < -0.39 is 81.0 Å². The Bertz CT molecular complexity index is 1370. The maximum absolute atomic E-state index is 16.9. The summed E-state index contributed by atoms with van der Waals surface area (Å²) in [5, 5.41) is 0. The van der Waals surface area contributed by atoms with Gasteiger partial charge in [-0.05, 0) is 0 Å². The van der Waals surface area contributed by atoms with E-state index in [0.29, 0.717) is 24.3 Å². The molecule has 0 bridgehead atoms. The first kappa shape index (κ1) is 35.0. The Kier molecular flexibility index (Phi) is 6.94. The molecule has 0 aliphatic heterocycles. The second-order valence-corrected chi connectivity index (χ2v) is 10.5. The van der Waals surface area contributed by atoms with Crippen molar-refractivity contribution in [2.45, 2.75) is 69.9 Å². The molecule has 0 heterocycles. The van der Waals surface area contributed by atoms with Crippen LogP contribution in [0.1, 0.15) is 11.1 Å². The maximum Gasteiger partial charge on any atom is 0.365 e. The zero-order valence-electron chi connectivity index (χ0n) is 21.5. The number of rotatable bonds is 4. The van der Waals surface area contributed by atoms with Crippen molar-refractivity contribution in [3.8, 4) is 0 Å². The molecule has 0 amide bonds. The van der Waals surface area contributed by atoms with Crippen LogP contribution in [0.3, 0.4) is 0 Å². The number of hydrogen-bond acceptors (Lipinski definition) is 5. The molecule has 2 aliphatic carbocycles. The van der Waals surface area contributed by atoms with E-state index >= 15 is 52.7 Å². The first-order valence-electron chi connectivity index (χ1n) is 11.9. The predicted octanol–water partition coefficient (Wildman–Crippen LogP) is 5.13. The summed E-state index contributed by atoms with van der Waals surface area (Å²) in [5.74, 6) is -69.1. The molecule has 0 aromatic heterocycles. The van der Waals surface area contributed by atoms with Crippen LogP contribution >= 0.6 is 0 Å². The Balaban J connectivity index is 2.24. The minimum Gasteiger partial charge on any atom is -0.294 e. The molecule has 252 valence electrons. The molecule has 2 aromatic rings. The van der Waals surface area contributed by atoms with Gasteiger partial charge >= 0.3 is 35.4 Å². The minimum atomic E-state index is -7.24. The normalized spacial score (nSPS) is 46.8. The molecule has 5 nitrogen and oxygen atoms in total. The average Bonchev–Trinajstić information content (AvgIpc) is 2.94. The highest BCUT2D eigenvalue weighted by molar-refractivity contribution is 5.42. The number of benzene rings is 2. The molecule has 8 unspecified atom stereocenters. The number of alkyl halides is 16. The van der Waals surface area contributed by atoms with Gasteiger partial charge in [-0.1, -0.05) is 60.7 Å². The van der Waals surface area contributed by atoms with E-state index in [2.05, 4.69) is 27.7 Å². The zero-order valence-corrected chi connectivity index (χ0v) is 21.5. The Morgan fingerprint density at radius 3 is 0.844 bits per heavy atom. The molecular formula is C24H18F16N4O. The van der Waals surface area contributed by atoms with E-state index in [0.717, 1.165) is 12.1 Å². The summed E-state index contributed by atoms with van der Waals surface area (Å²) in [4.78, 5) is 0. The van der Waals surface area contributed by atoms with Crippen LogP contribution in [0.5, 0.6) is 0 Å². The van der Waals surface area contributed by atoms with Crippen molar-refractivity contribution in [1.29, 1.82) is 0 Å². The summed E-state index contributed by atoms with van der Waals surface area (Å²) < 4.78 is 253. The van der Waals surface area contributed by atoms with Gasteiger partial charge in [0, 0.05) is 11.1 Å². The fraction of sp³-hybridized carbons (Fsp3) is 0.500. The molecule has 2 aliphatic rings. The highest BCUT2D eigenvalue weighted by Crippen LogP contribution is 2.74. The van der Waals surface area contributed by atoms with Crippen LogP contribution in [0.2, 0.25) is 0 Å². The standard InChI is InChI=1S/C24H18F16N4O/c25-13(11-7-3-1-4-8-11)15(27,28)17(31,32)19(35,41)21(37,43)23(13,39)45-24(40)14(26,12-9-5-2-6-10-12)16(29,30)18(33,34)20(36,42)22(24,38)44/h1-10H,41-44H2. The maximum atomic E-state index is 16.9. The quantitative estimate of drug-likeness (QED) is 0.264. The van der Waals surface area contributed by atoms with Crippen LogP contribution in [0.15, 0.2) is 60.7 Å². The van der Waals surface area contributed by atoms with Gasteiger partial charge in [-0.25, -0.2) is 35.1 Å². The summed E-state index contributed by atoms with van der Waals surface area (Å²) in [6.07, 6.45) is 0. The summed E-state index contributed by atoms with van der Waals surface area (Å²) in [6, 6.07) is 2.45. The molecule has 0 spiro atoms.